The fourth-order valence-electron chi connectivity index (χ4n) is 1.54. The van der Waals surface area contributed by atoms with Gasteiger partial charge >= 0.3 is 0 Å². The number of sulfonamides is 1. The normalized spacial score (nSPS) is 11.4. The lowest BCUT2D eigenvalue weighted by molar-refractivity contribution is 0.547. The Bertz CT molecular complexity index is 741. The minimum atomic E-state index is -3.72. The van der Waals surface area contributed by atoms with Crippen LogP contribution in [0.4, 0.5) is 4.39 Å². The molecule has 2 rings (SSSR count). The van der Waals surface area contributed by atoms with Crippen LogP contribution in [0.3, 0.4) is 0 Å². The molecule has 0 amide bonds. The molecule has 0 aliphatic carbocycles. The molecule has 0 unspecified atom stereocenters. The average molecular weight is 297 g/mol. The SMILES string of the molecule is O=c1cccnn1CCNS(=O)(=O)c1ccc(F)cc1. The molecule has 0 aliphatic heterocycles. The van der Waals surface area contributed by atoms with Gasteiger partial charge in [-0.15, -0.1) is 0 Å². The van der Waals surface area contributed by atoms with Crippen molar-refractivity contribution < 1.29 is 12.8 Å². The summed E-state index contributed by atoms with van der Waals surface area (Å²) in [4.78, 5) is 11.3. The van der Waals surface area contributed by atoms with Crippen molar-refractivity contribution in [3.63, 3.8) is 0 Å². The fraction of sp³-hybridized carbons (Fsp3) is 0.167. The molecule has 1 aromatic carbocycles. The average Bonchev–Trinajstić information content (AvgIpc) is 2.41. The molecule has 0 bridgehead atoms. The molecule has 1 aromatic heterocycles. The number of nitrogens with one attached hydrogen (secondary N) is 1. The van der Waals surface area contributed by atoms with Gasteiger partial charge in [0.2, 0.25) is 10.0 Å². The molecule has 0 saturated carbocycles. The lowest BCUT2D eigenvalue weighted by Gasteiger charge is -2.07. The molecule has 0 fully saturated rings. The molecule has 0 saturated heterocycles. The zero-order valence-corrected chi connectivity index (χ0v) is 11.2. The molecule has 106 valence electrons. The maximum Gasteiger partial charge on any atom is 0.266 e. The first-order chi connectivity index (χ1) is 9.49. The Hall–Kier alpha value is -2.06. The second kappa shape index (κ2) is 5.93. The third-order valence-corrected chi connectivity index (χ3v) is 4.00. The van der Waals surface area contributed by atoms with Crippen LogP contribution in [-0.4, -0.2) is 24.7 Å². The molecule has 6 nitrogen and oxygen atoms in total. The summed E-state index contributed by atoms with van der Waals surface area (Å²) < 4.78 is 40.0. The van der Waals surface area contributed by atoms with Gasteiger partial charge in [-0.3, -0.25) is 4.79 Å². The highest BCUT2D eigenvalue weighted by atomic mass is 32.2. The molecule has 20 heavy (non-hydrogen) atoms. The Morgan fingerprint density at radius 1 is 1.20 bits per heavy atom. The number of rotatable bonds is 5. The molecule has 0 aliphatic rings. The maximum absolute atomic E-state index is 12.7. The number of aromatic nitrogens is 2. The van der Waals surface area contributed by atoms with E-state index in [1.54, 1.807) is 0 Å². The summed E-state index contributed by atoms with van der Waals surface area (Å²) in [5.41, 5.74) is -0.312. The second-order valence-corrected chi connectivity index (χ2v) is 5.70. The molecular formula is C12H12FN3O3S. The van der Waals surface area contributed by atoms with Gasteiger partial charge in [0, 0.05) is 18.8 Å². The van der Waals surface area contributed by atoms with Gasteiger partial charge < -0.3 is 0 Å². The zero-order valence-electron chi connectivity index (χ0n) is 10.4. The van der Waals surface area contributed by atoms with Gasteiger partial charge in [-0.25, -0.2) is 22.2 Å². The molecule has 8 heteroatoms. The first-order valence-electron chi connectivity index (χ1n) is 5.76. The van der Waals surface area contributed by atoms with E-state index in [-0.39, 0.29) is 23.5 Å². The first kappa shape index (κ1) is 14.4. The van der Waals surface area contributed by atoms with Crippen molar-refractivity contribution in [3.05, 3.63) is 58.8 Å². The minimum absolute atomic E-state index is 0.0105. The molecule has 2 aromatic rings. The number of nitrogens with zero attached hydrogens (tertiary/aromatic N) is 2. The number of hydrogen-bond donors (Lipinski definition) is 1. The van der Waals surface area contributed by atoms with E-state index in [0.29, 0.717) is 0 Å². The van der Waals surface area contributed by atoms with Crippen LogP contribution in [0.2, 0.25) is 0 Å². The van der Waals surface area contributed by atoms with Crippen molar-refractivity contribution in [3.8, 4) is 0 Å². The maximum atomic E-state index is 12.7. The highest BCUT2D eigenvalue weighted by molar-refractivity contribution is 7.89. The van der Waals surface area contributed by atoms with Crippen LogP contribution in [0.25, 0.3) is 0 Å². The van der Waals surface area contributed by atoms with Crippen LogP contribution in [0.5, 0.6) is 0 Å². The van der Waals surface area contributed by atoms with E-state index in [0.717, 1.165) is 16.8 Å². The van der Waals surface area contributed by atoms with Gasteiger partial charge in [-0.05, 0) is 30.3 Å². The van der Waals surface area contributed by atoms with Gasteiger partial charge in [0.25, 0.3) is 5.56 Å². The van der Waals surface area contributed by atoms with E-state index >= 15 is 0 Å². The van der Waals surface area contributed by atoms with E-state index in [1.807, 2.05) is 0 Å². The summed E-state index contributed by atoms with van der Waals surface area (Å²) in [7, 11) is -3.72. The zero-order chi connectivity index (χ0) is 14.6. The van der Waals surface area contributed by atoms with Crippen LogP contribution in [0, 0.1) is 5.82 Å². The summed E-state index contributed by atoms with van der Waals surface area (Å²) in [6.07, 6.45) is 1.44. The van der Waals surface area contributed by atoms with E-state index in [1.165, 1.54) is 30.5 Å². The Balaban J connectivity index is 2.02. The fourth-order valence-corrected chi connectivity index (χ4v) is 2.56. The third-order valence-electron chi connectivity index (χ3n) is 2.52. The van der Waals surface area contributed by atoms with Gasteiger partial charge in [-0.1, -0.05) is 0 Å². The van der Waals surface area contributed by atoms with Crippen molar-refractivity contribution in [2.45, 2.75) is 11.4 Å². The second-order valence-electron chi connectivity index (χ2n) is 3.94. The smallest absolute Gasteiger partial charge is 0.266 e. The summed E-state index contributed by atoms with van der Waals surface area (Å²) >= 11 is 0. The van der Waals surface area contributed by atoms with Crippen molar-refractivity contribution in [2.75, 3.05) is 6.54 Å². The molecular weight excluding hydrogens is 285 g/mol. The lowest BCUT2D eigenvalue weighted by Crippen LogP contribution is -2.31. The molecule has 1 N–H and O–H groups in total. The van der Waals surface area contributed by atoms with E-state index < -0.39 is 15.8 Å². The topological polar surface area (TPSA) is 81.1 Å². The van der Waals surface area contributed by atoms with Gasteiger partial charge in [-0.2, -0.15) is 5.10 Å². The predicted molar refractivity (Wildman–Crippen MR) is 70.1 cm³/mol. The van der Waals surface area contributed by atoms with Gasteiger partial charge in [0.15, 0.2) is 0 Å². The summed E-state index contributed by atoms with van der Waals surface area (Å²) in [5, 5.41) is 3.80. The number of hydrogen-bond acceptors (Lipinski definition) is 4. The van der Waals surface area contributed by atoms with Crippen LogP contribution in [0.1, 0.15) is 0 Å². The monoisotopic (exact) mass is 297 g/mol. The minimum Gasteiger partial charge on any atom is -0.268 e. The van der Waals surface area contributed by atoms with Crippen molar-refractivity contribution in [1.82, 2.24) is 14.5 Å². The van der Waals surface area contributed by atoms with Crippen LogP contribution >= 0.6 is 0 Å². The highest BCUT2D eigenvalue weighted by Gasteiger charge is 2.13. The van der Waals surface area contributed by atoms with Crippen LogP contribution < -0.4 is 10.3 Å². The highest BCUT2D eigenvalue weighted by Crippen LogP contribution is 2.08. The van der Waals surface area contributed by atoms with Gasteiger partial charge in [0.05, 0.1) is 11.4 Å². The van der Waals surface area contributed by atoms with Crippen LogP contribution in [-0.2, 0) is 16.6 Å². The summed E-state index contributed by atoms with van der Waals surface area (Å²) in [6, 6.07) is 7.31. The standard InChI is InChI=1S/C12H12FN3O3S/c13-10-3-5-11(6-4-10)20(18,19)15-8-9-16-12(17)2-1-7-14-16/h1-7,15H,8-9H2. The Kier molecular flexibility index (Phi) is 4.26. The lowest BCUT2D eigenvalue weighted by atomic mass is 10.4. The van der Waals surface area contributed by atoms with Crippen LogP contribution in [0.15, 0.2) is 52.3 Å². The Labute approximate surface area is 114 Å². The Morgan fingerprint density at radius 3 is 2.55 bits per heavy atom. The molecule has 0 atom stereocenters. The Morgan fingerprint density at radius 2 is 1.90 bits per heavy atom. The molecule has 1 heterocycles. The number of halogens is 1. The largest absolute Gasteiger partial charge is 0.268 e. The van der Waals surface area contributed by atoms with Crippen molar-refractivity contribution in [2.24, 2.45) is 0 Å². The summed E-state index contributed by atoms with van der Waals surface area (Å²) in [6.45, 7) is 0.122. The predicted octanol–water partition coefficient (Wildman–Crippen LogP) is 0.361. The van der Waals surface area contributed by atoms with E-state index in [2.05, 4.69) is 9.82 Å². The van der Waals surface area contributed by atoms with Gasteiger partial charge in [0.1, 0.15) is 5.82 Å². The van der Waals surface area contributed by atoms with E-state index in [9.17, 15) is 17.6 Å². The molecule has 0 spiro atoms. The number of benzene rings is 1. The van der Waals surface area contributed by atoms with E-state index in [4.69, 9.17) is 0 Å². The van der Waals surface area contributed by atoms with Crippen molar-refractivity contribution in [1.29, 1.82) is 0 Å². The quantitative estimate of drug-likeness (QED) is 0.864. The third kappa shape index (κ3) is 3.49. The van der Waals surface area contributed by atoms with Crippen molar-refractivity contribution >= 4 is 10.0 Å². The summed E-state index contributed by atoms with van der Waals surface area (Å²) in [5.74, 6) is -0.510. The molecule has 0 radical (unpaired) electrons. The first-order valence-corrected chi connectivity index (χ1v) is 7.25.